The van der Waals surface area contributed by atoms with Gasteiger partial charge >= 0.3 is 0 Å². The van der Waals surface area contributed by atoms with E-state index in [2.05, 4.69) is 4.72 Å². The van der Waals surface area contributed by atoms with E-state index in [1.54, 1.807) is 12.1 Å². The third kappa shape index (κ3) is 2.36. The monoisotopic (exact) mass is 270 g/mol. The van der Waals surface area contributed by atoms with E-state index in [0.717, 1.165) is 12.0 Å². The summed E-state index contributed by atoms with van der Waals surface area (Å²) < 4.78 is 27.0. The lowest BCUT2D eigenvalue weighted by Crippen LogP contribution is -2.56. The van der Waals surface area contributed by atoms with Crippen LogP contribution in [0.3, 0.4) is 0 Å². The smallest absolute Gasteiger partial charge is 0.243 e. The third-order valence-corrected chi connectivity index (χ3v) is 5.07. The molecule has 4 N–H and O–H groups in total. The quantitative estimate of drug-likeness (QED) is 0.705. The number of aliphatic hydroxyl groups is 1. The molecule has 1 fully saturated rings. The number of nitrogens with two attached hydrogens (primary N) is 1. The second-order valence-electron chi connectivity index (χ2n) is 4.94. The summed E-state index contributed by atoms with van der Waals surface area (Å²) in [5.74, 6) is 0. The number of aryl methyl sites for hydroxylation is 1. The number of benzene rings is 1. The summed E-state index contributed by atoms with van der Waals surface area (Å²) in [7, 11) is -3.67. The van der Waals surface area contributed by atoms with Crippen molar-refractivity contribution in [3.05, 3.63) is 23.8 Å². The average molecular weight is 270 g/mol. The molecule has 0 aromatic heterocycles. The van der Waals surface area contributed by atoms with Gasteiger partial charge in [0.2, 0.25) is 10.0 Å². The third-order valence-electron chi connectivity index (χ3n) is 3.42. The Hall–Kier alpha value is -1.11. The Morgan fingerprint density at radius 3 is 2.56 bits per heavy atom. The fourth-order valence-corrected chi connectivity index (χ4v) is 3.71. The molecule has 0 heterocycles. The van der Waals surface area contributed by atoms with Gasteiger partial charge in [0.15, 0.2) is 0 Å². The molecule has 1 saturated carbocycles. The summed E-state index contributed by atoms with van der Waals surface area (Å²) in [6.07, 6.45) is 2.25. The molecular weight excluding hydrogens is 252 g/mol. The molecule has 5 nitrogen and oxygen atoms in total. The molecule has 2 rings (SSSR count). The molecule has 0 bridgehead atoms. The lowest BCUT2D eigenvalue weighted by molar-refractivity contribution is 0.110. The van der Waals surface area contributed by atoms with Gasteiger partial charge in [0.25, 0.3) is 0 Å². The van der Waals surface area contributed by atoms with Gasteiger partial charge in [-0.25, -0.2) is 13.1 Å². The summed E-state index contributed by atoms with van der Waals surface area (Å²) in [4.78, 5) is 0.0767. The number of hydrogen-bond donors (Lipinski definition) is 3. The van der Waals surface area contributed by atoms with Crippen LogP contribution in [0.2, 0.25) is 0 Å². The number of anilines is 1. The topological polar surface area (TPSA) is 92.4 Å². The molecule has 1 aromatic rings. The molecule has 100 valence electrons. The fraction of sp³-hybridized carbons (Fsp3) is 0.500. The van der Waals surface area contributed by atoms with Crippen molar-refractivity contribution in [1.82, 2.24) is 4.72 Å². The zero-order chi connectivity index (χ0) is 13.4. The summed E-state index contributed by atoms with van der Waals surface area (Å²) in [6, 6.07) is 4.83. The Morgan fingerprint density at radius 1 is 1.44 bits per heavy atom. The Kier molecular flexibility index (Phi) is 3.35. The van der Waals surface area contributed by atoms with Gasteiger partial charge in [0.05, 0.1) is 17.8 Å². The fourth-order valence-electron chi connectivity index (χ4n) is 2.15. The Balaban J connectivity index is 2.31. The van der Waals surface area contributed by atoms with Crippen LogP contribution in [0.25, 0.3) is 0 Å². The van der Waals surface area contributed by atoms with Crippen molar-refractivity contribution in [3.8, 4) is 0 Å². The second kappa shape index (κ2) is 4.53. The highest BCUT2D eigenvalue weighted by atomic mass is 32.2. The van der Waals surface area contributed by atoms with Crippen molar-refractivity contribution >= 4 is 15.7 Å². The standard InChI is InChI=1S/C12H18N2O3S/c1-9-3-4-11(10(13)7-9)18(16,17)14-12(8-15)5-2-6-12/h3-4,7,14-15H,2,5-6,8,13H2,1H3. The van der Waals surface area contributed by atoms with Crippen molar-refractivity contribution in [2.75, 3.05) is 12.3 Å². The zero-order valence-corrected chi connectivity index (χ0v) is 11.1. The molecule has 18 heavy (non-hydrogen) atoms. The zero-order valence-electron chi connectivity index (χ0n) is 10.3. The maximum absolute atomic E-state index is 12.2. The molecule has 6 heteroatoms. The molecule has 0 unspecified atom stereocenters. The summed E-state index contributed by atoms with van der Waals surface area (Å²) in [5, 5.41) is 9.30. The van der Waals surface area contributed by atoms with Crippen LogP contribution in [-0.4, -0.2) is 25.7 Å². The van der Waals surface area contributed by atoms with Gasteiger partial charge < -0.3 is 10.8 Å². The predicted octanol–water partition coefficient (Wildman–Crippen LogP) is 0.771. The number of nitrogens with one attached hydrogen (secondary N) is 1. The van der Waals surface area contributed by atoms with Crippen LogP contribution in [0.15, 0.2) is 23.1 Å². The molecule has 0 spiro atoms. The Bertz CT molecular complexity index is 545. The van der Waals surface area contributed by atoms with Crippen molar-refractivity contribution < 1.29 is 13.5 Å². The molecular formula is C12H18N2O3S. The lowest BCUT2D eigenvalue weighted by Gasteiger charge is -2.40. The van der Waals surface area contributed by atoms with E-state index in [1.165, 1.54) is 6.07 Å². The minimum absolute atomic E-state index is 0.0767. The van der Waals surface area contributed by atoms with E-state index in [-0.39, 0.29) is 17.2 Å². The highest BCUT2D eigenvalue weighted by molar-refractivity contribution is 7.89. The second-order valence-corrected chi connectivity index (χ2v) is 6.59. The van der Waals surface area contributed by atoms with Gasteiger partial charge in [-0.3, -0.25) is 0 Å². The van der Waals surface area contributed by atoms with Crippen molar-refractivity contribution in [1.29, 1.82) is 0 Å². The first kappa shape index (κ1) is 13.3. The van der Waals surface area contributed by atoms with Crippen molar-refractivity contribution in [3.63, 3.8) is 0 Å². The van der Waals surface area contributed by atoms with Crippen LogP contribution >= 0.6 is 0 Å². The van der Waals surface area contributed by atoms with Gasteiger partial charge in [-0.05, 0) is 43.9 Å². The van der Waals surface area contributed by atoms with E-state index in [1.807, 2.05) is 6.92 Å². The highest BCUT2D eigenvalue weighted by Gasteiger charge is 2.40. The van der Waals surface area contributed by atoms with Crippen LogP contribution < -0.4 is 10.5 Å². The largest absolute Gasteiger partial charge is 0.398 e. The van der Waals surface area contributed by atoms with E-state index in [0.29, 0.717) is 12.8 Å². The highest BCUT2D eigenvalue weighted by Crippen LogP contribution is 2.33. The first-order valence-electron chi connectivity index (χ1n) is 5.90. The van der Waals surface area contributed by atoms with E-state index >= 15 is 0 Å². The van der Waals surface area contributed by atoms with Gasteiger partial charge in [-0.2, -0.15) is 0 Å². The van der Waals surface area contributed by atoms with Crippen molar-refractivity contribution in [2.45, 2.75) is 36.6 Å². The number of rotatable bonds is 4. The maximum atomic E-state index is 12.2. The normalized spacial score (nSPS) is 18.3. The van der Waals surface area contributed by atoms with E-state index in [4.69, 9.17) is 5.73 Å². The number of aliphatic hydroxyl groups excluding tert-OH is 1. The van der Waals surface area contributed by atoms with Gasteiger partial charge in [0, 0.05) is 0 Å². The maximum Gasteiger partial charge on any atom is 0.243 e. The number of hydrogen-bond acceptors (Lipinski definition) is 4. The van der Waals surface area contributed by atoms with Crippen LogP contribution in [0.1, 0.15) is 24.8 Å². The average Bonchev–Trinajstić information content (AvgIpc) is 2.23. The molecule has 0 atom stereocenters. The van der Waals surface area contributed by atoms with Crippen molar-refractivity contribution in [2.24, 2.45) is 0 Å². The molecule has 0 aliphatic heterocycles. The van der Waals surface area contributed by atoms with Crippen LogP contribution in [0.5, 0.6) is 0 Å². The minimum atomic E-state index is -3.67. The summed E-state index contributed by atoms with van der Waals surface area (Å²) in [6.45, 7) is 1.67. The summed E-state index contributed by atoms with van der Waals surface area (Å²) >= 11 is 0. The number of nitrogen functional groups attached to an aromatic ring is 1. The molecule has 1 aromatic carbocycles. The molecule has 0 amide bonds. The molecule has 1 aliphatic carbocycles. The van der Waals surface area contributed by atoms with Crippen LogP contribution in [-0.2, 0) is 10.0 Å². The molecule has 0 saturated heterocycles. The van der Waals surface area contributed by atoms with Gasteiger partial charge in [0.1, 0.15) is 4.90 Å². The minimum Gasteiger partial charge on any atom is -0.398 e. The van der Waals surface area contributed by atoms with Crippen LogP contribution in [0, 0.1) is 6.92 Å². The SMILES string of the molecule is Cc1ccc(S(=O)(=O)NC2(CO)CCC2)c(N)c1. The summed E-state index contributed by atoms with van der Waals surface area (Å²) in [5.41, 5.74) is 6.19. The van der Waals surface area contributed by atoms with E-state index in [9.17, 15) is 13.5 Å². The lowest BCUT2D eigenvalue weighted by atomic mass is 9.78. The first-order chi connectivity index (χ1) is 8.38. The Morgan fingerprint density at radius 2 is 2.11 bits per heavy atom. The van der Waals surface area contributed by atoms with Gasteiger partial charge in [-0.1, -0.05) is 6.07 Å². The molecule has 0 radical (unpaired) electrons. The number of sulfonamides is 1. The predicted molar refractivity (Wildman–Crippen MR) is 69.6 cm³/mol. The Labute approximate surface area is 107 Å². The van der Waals surface area contributed by atoms with E-state index < -0.39 is 15.6 Å². The van der Waals surface area contributed by atoms with Gasteiger partial charge in [-0.15, -0.1) is 0 Å². The van der Waals surface area contributed by atoms with Crippen LogP contribution in [0.4, 0.5) is 5.69 Å². The molecule has 1 aliphatic rings. The first-order valence-corrected chi connectivity index (χ1v) is 7.38.